The SMILES string of the molecule is CO[C@@H]1[C@@H](O)[C@H](OC(CC[C@@H](C)[C@H]2CC(O)[C@@H]3[C@]2(C)CC[C@H]2[C@@]3(O)CC(O)C3CC(O)CC[C@@]32C)C(C)C)O[C@H]1COS(=O)(=O)O. The molecule has 0 spiro atoms. The van der Waals surface area contributed by atoms with Gasteiger partial charge in [0.1, 0.15) is 18.3 Å². The topological polar surface area (TPSA) is 192 Å². The molecule has 0 amide bonds. The second-order valence-electron chi connectivity index (χ2n) is 16.2. The fourth-order valence-corrected chi connectivity index (χ4v) is 11.5. The van der Waals surface area contributed by atoms with E-state index in [1.54, 1.807) is 0 Å². The van der Waals surface area contributed by atoms with Gasteiger partial charge in [-0.3, -0.25) is 4.55 Å². The Morgan fingerprint density at radius 1 is 0.957 bits per heavy atom. The molecule has 1 heterocycles. The summed E-state index contributed by atoms with van der Waals surface area (Å²) in [5.74, 6) is -0.0431. The van der Waals surface area contributed by atoms with Crippen molar-refractivity contribution in [3.8, 4) is 0 Å². The van der Waals surface area contributed by atoms with Crippen LogP contribution in [0.3, 0.4) is 0 Å². The van der Waals surface area contributed by atoms with Gasteiger partial charge in [0, 0.05) is 19.4 Å². The zero-order valence-electron chi connectivity index (χ0n) is 28.2. The zero-order valence-corrected chi connectivity index (χ0v) is 29.0. The van der Waals surface area contributed by atoms with Crippen molar-refractivity contribution in [1.82, 2.24) is 0 Å². The summed E-state index contributed by atoms with van der Waals surface area (Å²) in [4.78, 5) is 0. The number of hydrogen-bond acceptors (Lipinski definition) is 11. The van der Waals surface area contributed by atoms with Crippen LogP contribution in [-0.4, -0.2) is 107 Å². The van der Waals surface area contributed by atoms with E-state index >= 15 is 0 Å². The van der Waals surface area contributed by atoms with Crippen molar-refractivity contribution < 1.29 is 56.9 Å². The van der Waals surface area contributed by atoms with Crippen molar-refractivity contribution in [2.24, 2.45) is 46.3 Å². The molecule has 6 N–H and O–H groups in total. The Morgan fingerprint density at radius 3 is 2.26 bits per heavy atom. The van der Waals surface area contributed by atoms with Crippen LogP contribution in [0.25, 0.3) is 0 Å². The van der Waals surface area contributed by atoms with Gasteiger partial charge in [-0.2, -0.15) is 8.42 Å². The van der Waals surface area contributed by atoms with Crippen LogP contribution in [0.4, 0.5) is 0 Å². The highest BCUT2D eigenvalue weighted by Crippen LogP contribution is 2.69. The van der Waals surface area contributed by atoms with Crippen LogP contribution in [0.2, 0.25) is 0 Å². The first-order chi connectivity index (χ1) is 21.4. The minimum Gasteiger partial charge on any atom is -0.393 e. The molecule has 13 heteroatoms. The summed E-state index contributed by atoms with van der Waals surface area (Å²) in [7, 11) is -3.33. The van der Waals surface area contributed by atoms with E-state index in [-0.39, 0.29) is 58.9 Å². The molecular formula is C33H58O12S. The largest absolute Gasteiger partial charge is 0.397 e. The number of methoxy groups -OCH3 is 1. The van der Waals surface area contributed by atoms with Gasteiger partial charge in [0.25, 0.3) is 0 Å². The lowest BCUT2D eigenvalue weighted by Crippen LogP contribution is -2.68. The first-order valence-electron chi connectivity index (χ1n) is 17.3. The predicted molar refractivity (Wildman–Crippen MR) is 167 cm³/mol. The van der Waals surface area contributed by atoms with Gasteiger partial charge in [-0.25, -0.2) is 4.18 Å². The maximum atomic E-state index is 12.6. The second kappa shape index (κ2) is 13.4. The van der Waals surface area contributed by atoms with Crippen LogP contribution in [0, 0.1) is 46.3 Å². The molecule has 46 heavy (non-hydrogen) atoms. The van der Waals surface area contributed by atoms with Crippen molar-refractivity contribution in [2.75, 3.05) is 13.7 Å². The summed E-state index contributed by atoms with van der Waals surface area (Å²) in [5, 5.41) is 56.8. The van der Waals surface area contributed by atoms with Gasteiger partial charge in [0.2, 0.25) is 0 Å². The molecule has 1 saturated heterocycles. The minimum atomic E-state index is -4.70. The molecule has 0 aromatic rings. The molecule has 12 nitrogen and oxygen atoms in total. The van der Waals surface area contributed by atoms with Crippen LogP contribution in [-0.2, 0) is 28.8 Å². The Bertz CT molecular complexity index is 1170. The van der Waals surface area contributed by atoms with Gasteiger partial charge in [0.05, 0.1) is 36.6 Å². The highest BCUT2D eigenvalue weighted by Gasteiger charge is 2.70. The predicted octanol–water partition coefficient (Wildman–Crippen LogP) is 2.44. The van der Waals surface area contributed by atoms with E-state index in [0.717, 1.165) is 25.7 Å². The lowest BCUT2D eigenvalue weighted by Gasteiger charge is -2.66. The fourth-order valence-electron chi connectivity index (χ4n) is 11.2. The normalized spacial score (nSPS) is 48.9. The Morgan fingerprint density at radius 2 is 1.63 bits per heavy atom. The molecule has 4 saturated carbocycles. The summed E-state index contributed by atoms with van der Waals surface area (Å²) in [6, 6.07) is 0. The molecule has 5 rings (SSSR count). The average Bonchev–Trinajstić information content (AvgIpc) is 3.41. The maximum Gasteiger partial charge on any atom is 0.397 e. The quantitative estimate of drug-likeness (QED) is 0.175. The third-order valence-electron chi connectivity index (χ3n) is 13.3. The summed E-state index contributed by atoms with van der Waals surface area (Å²) in [6.45, 7) is 10.1. The van der Waals surface area contributed by atoms with Crippen molar-refractivity contribution >= 4 is 10.4 Å². The third-order valence-corrected chi connectivity index (χ3v) is 13.8. The summed E-state index contributed by atoms with van der Waals surface area (Å²) >= 11 is 0. The molecule has 0 bridgehead atoms. The summed E-state index contributed by atoms with van der Waals surface area (Å²) in [6.07, 6.45) is -0.342. The Hall–Kier alpha value is -0.450. The second-order valence-corrected chi connectivity index (χ2v) is 17.3. The minimum absolute atomic E-state index is 0.0399. The van der Waals surface area contributed by atoms with Gasteiger partial charge in [0.15, 0.2) is 6.29 Å². The van der Waals surface area contributed by atoms with Gasteiger partial charge >= 0.3 is 10.4 Å². The molecule has 0 aromatic heterocycles. The Balaban J connectivity index is 1.26. The van der Waals surface area contributed by atoms with Gasteiger partial charge in [-0.1, -0.05) is 34.6 Å². The van der Waals surface area contributed by atoms with E-state index in [2.05, 4.69) is 25.0 Å². The van der Waals surface area contributed by atoms with Crippen LogP contribution in [0.5, 0.6) is 0 Å². The van der Waals surface area contributed by atoms with E-state index in [1.165, 1.54) is 7.11 Å². The van der Waals surface area contributed by atoms with E-state index in [1.807, 2.05) is 13.8 Å². The van der Waals surface area contributed by atoms with Crippen LogP contribution in [0.1, 0.15) is 92.4 Å². The maximum absolute atomic E-state index is 12.6. The average molecular weight is 679 g/mol. The molecule has 1 aliphatic heterocycles. The molecule has 0 radical (unpaired) electrons. The van der Waals surface area contributed by atoms with Crippen molar-refractivity contribution in [1.29, 1.82) is 0 Å². The van der Waals surface area contributed by atoms with Gasteiger partial charge < -0.3 is 39.7 Å². The zero-order chi connectivity index (χ0) is 34.0. The molecule has 5 fully saturated rings. The van der Waals surface area contributed by atoms with Crippen LogP contribution < -0.4 is 0 Å². The van der Waals surface area contributed by atoms with Crippen LogP contribution >= 0.6 is 0 Å². The molecule has 5 aliphatic rings. The molecule has 268 valence electrons. The van der Waals surface area contributed by atoms with Gasteiger partial charge in [-0.05, 0) is 91.8 Å². The number of rotatable bonds is 11. The van der Waals surface area contributed by atoms with E-state index in [9.17, 15) is 34.0 Å². The molecule has 0 aromatic carbocycles. The monoisotopic (exact) mass is 678 g/mol. The standard InChI is InChI=1S/C33H58O12S/c1-17(2)24(44-30-27(37)28(42-6)25(45-30)16-43-46(39,40)41)8-7-18(3)20-14-22(35)29-32(20,5)12-10-26-31(4)11-9-19(34)13-21(31)23(36)15-33(26,29)38/h17-30,34-38H,7-16H2,1-6H3,(H,39,40,41)/t18-,19?,20-,21?,22?,23?,24?,25+,26-,27-,28+,29-,30-,31+,32-,33+/m1/s1. The molecule has 4 aliphatic carbocycles. The van der Waals surface area contributed by atoms with E-state index in [0.29, 0.717) is 25.7 Å². The van der Waals surface area contributed by atoms with Gasteiger partial charge in [-0.15, -0.1) is 0 Å². The number of hydrogen-bond donors (Lipinski definition) is 6. The Labute approximate surface area is 274 Å². The molecule has 5 unspecified atom stereocenters. The highest BCUT2D eigenvalue weighted by atomic mass is 32.3. The lowest BCUT2D eigenvalue weighted by atomic mass is 9.42. The highest BCUT2D eigenvalue weighted by molar-refractivity contribution is 7.80. The van der Waals surface area contributed by atoms with E-state index < -0.39 is 65.5 Å². The number of aliphatic hydroxyl groups excluding tert-OH is 4. The van der Waals surface area contributed by atoms with Crippen molar-refractivity contribution in [3.63, 3.8) is 0 Å². The van der Waals surface area contributed by atoms with Crippen molar-refractivity contribution in [2.45, 2.75) is 147 Å². The van der Waals surface area contributed by atoms with Crippen molar-refractivity contribution in [3.05, 3.63) is 0 Å². The third kappa shape index (κ3) is 6.57. The van der Waals surface area contributed by atoms with E-state index in [4.69, 9.17) is 18.8 Å². The first-order valence-corrected chi connectivity index (χ1v) is 18.6. The number of ether oxygens (including phenoxy) is 3. The molecular weight excluding hydrogens is 620 g/mol. The lowest BCUT2D eigenvalue weighted by molar-refractivity contribution is -0.263. The molecule has 16 atom stereocenters. The Kier molecular flexibility index (Phi) is 10.7. The smallest absolute Gasteiger partial charge is 0.393 e. The summed E-state index contributed by atoms with van der Waals surface area (Å²) in [5.41, 5.74) is -1.78. The first kappa shape index (κ1) is 36.8. The number of aliphatic hydroxyl groups is 5. The van der Waals surface area contributed by atoms with Crippen LogP contribution in [0.15, 0.2) is 0 Å². The number of fused-ring (bicyclic) bond motifs is 5. The summed E-state index contributed by atoms with van der Waals surface area (Å²) < 4.78 is 53.0. The fraction of sp³-hybridized carbons (Fsp3) is 1.00.